The number of aromatic nitrogens is 4. The zero-order chi connectivity index (χ0) is 60.0. The maximum atomic E-state index is 14.1. The van der Waals surface area contributed by atoms with Crippen molar-refractivity contribution >= 4 is 121 Å². The van der Waals surface area contributed by atoms with Gasteiger partial charge in [0, 0.05) is 130 Å². The van der Waals surface area contributed by atoms with Gasteiger partial charge in [0.2, 0.25) is 16.7 Å². The van der Waals surface area contributed by atoms with Crippen LogP contribution in [0.4, 0.5) is 24.5 Å². The number of hydrogen-bond acceptors (Lipinski definition) is 19. The average Bonchev–Trinajstić information content (AvgIpc) is 3.08. The molecule has 83 heavy (non-hydrogen) atoms. The van der Waals surface area contributed by atoms with Crippen LogP contribution in [0.25, 0.3) is 44.3 Å². The molecule has 6 aromatic rings. The quantitative estimate of drug-likeness (QED) is 0.0586. The number of piperazine rings is 2. The lowest BCUT2D eigenvalue weighted by molar-refractivity contribution is -0.205. The van der Waals surface area contributed by atoms with Crippen LogP contribution in [0.5, 0.6) is 0 Å². The minimum Gasteiger partial charge on any atom is -0.475 e. The highest BCUT2D eigenvalue weighted by Gasteiger charge is 2.48. The molecule has 0 saturated carbocycles. The second-order valence-electron chi connectivity index (χ2n) is 18.1. The number of nitrogens with one attached hydrogen (secondary N) is 1. The van der Waals surface area contributed by atoms with E-state index in [1.807, 2.05) is 53.4 Å². The van der Waals surface area contributed by atoms with Crippen LogP contribution in [0.15, 0.2) is 84.9 Å². The molecular weight excluding hydrogens is 1180 g/mol. The molecule has 21 nitrogen and oxygen atoms in total. The molecule has 8 rings (SSSR count). The number of carbonyl (C=O) groups is 7. The number of benzene rings is 4. The highest BCUT2D eigenvalue weighted by atomic mass is 35.5. The Balaban J connectivity index is 0.000000322. The van der Waals surface area contributed by atoms with Crippen molar-refractivity contribution in [3.63, 3.8) is 0 Å². The predicted molar refractivity (Wildman–Crippen MR) is 303 cm³/mol. The fourth-order valence-corrected chi connectivity index (χ4v) is 9.35. The summed E-state index contributed by atoms with van der Waals surface area (Å²) in [6, 6.07) is 26.8. The Morgan fingerprint density at radius 1 is 0.578 bits per heavy atom. The van der Waals surface area contributed by atoms with Crippen LogP contribution >= 0.6 is 46.4 Å². The van der Waals surface area contributed by atoms with Gasteiger partial charge in [0.1, 0.15) is 6.61 Å². The summed E-state index contributed by atoms with van der Waals surface area (Å²) < 4.78 is 58.3. The van der Waals surface area contributed by atoms with E-state index in [1.54, 1.807) is 18.2 Å². The highest BCUT2D eigenvalue weighted by molar-refractivity contribution is 6.32. The van der Waals surface area contributed by atoms with Crippen molar-refractivity contribution in [1.29, 1.82) is 0 Å². The summed E-state index contributed by atoms with van der Waals surface area (Å²) in [6.07, 6.45) is -12.0. The van der Waals surface area contributed by atoms with Gasteiger partial charge in [-0.05, 0) is 83.9 Å². The van der Waals surface area contributed by atoms with Crippen molar-refractivity contribution in [2.24, 2.45) is 0 Å². The van der Waals surface area contributed by atoms with Crippen LogP contribution in [-0.4, -0.2) is 161 Å². The summed E-state index contributed by atoms with van der Waals surface area (Å²) >= 11 is 24.8. The molecular formula is C55H57Cl4F3N8O13. The lowest BCUT2D eigenvalue weighted by Gasteiger charge is -2.40. The number of anilines is 2. The Labute approximate surface area is 494 Å². The molecule has 0 bridgehead atoms. The number of carboxylic acids is 1. The number of halogens is 7. The molecule has 0 unspecified atom stereocenters. The number of carboxylic acid groups (broad SMARTS) is 1. The molecule has 1 amide bonds. The Morgan fingerprint density at radius 3 is 1.43 bits per heavy atom. The zero-order valence-corrected chi connectivity index (χ0v) is 47.4. The minimum atomic E-state index is -5.08. The second-order valence-corrected chi connectivity index (χ2v) is 19.6. The Hall–Kier alpha value is -7.64. The Bertz CT molecular complexity index is 3330. The zero-order valence-electron chi connectivity index (χ0n) is 44.4. The molecule has 4 heterocycles. The van der Waals surface area contributed by atoms with E-state index >= 15 is 0 Å². The predicted octanol–water partition coefficient (Wildman–Crippen LogP) is 8.82. The van der Waals surface area contributed by atoms with Crippen LogP contribution in [0.2, 0.25) is 20.6 Å². The molecule has 0 radical (unpaired) electrons. The maximum absolute atomic E-state index is 14.1. The third kappa shape index (κ3) is 18.9. The van der Waals surface area contributed by atoms with Gasteiger partial charge in [-0.3, -0.25) is 28.8 Å². The topological polar surface area (TPSA) is 259 Å². The van der Waals surface area contributed by atoms with Gasteiger partial charge < -0.3 is 48.8 Å². The molecule has 28 heteroatoms. The van der Waals surface area contributed by atoms with E-state index in [2.05, 4.69) is 48.4 Å². The van der Waals surface area contributed by atoms with E-state index in [4.69, 9.17) is 80.0 Å². The van der Waals surface area contributed by atoms with Crippen molar-refractivity contribution in [1.82, 2.24) is 30.2 Å². The highest BCUT2D eigenvalue weighted by Crippen LogP contribution is 2.34. The van der Waals surface area contributed by atoms with Gasteiger partial charge in [0.15, 0.2) is 18.3 Å². The Kier molecular flexibility index (Phi) is 24.0. The fourth-order valence-electron chi connectivity index (χ4n) is 8.66. The van der Waals surface area contributed by atoms with E-state index in [1.165, 1.54) is 10.6 Å². The molecule has 2 saturated heterocycles. The van der Waals surface area contributed by atoms with Gasteiger partial charge in [-0.15, -0.1) is 0 Å². The van der Waals surface area contributed by atoms with E-state index in [-0.39, 0.29) is 31.1 Å². The number of rotatable bonds is 14. The fraction of sp³-hybridized carbons (Fsp3) is 0.364. The van der Waals surface area contributed by atoms with Crippen molar-refractivity contribution in [2.75, 3.05) is 68.8 Å². The number of aliphatic carboxylic acids is 1. The number of ether oxygens (including phenoxy) is 5. The van der Waals surface area contributed by atoms with Gasteiger partial charge in [-0.2, -0.15) is 13.2 Å². The average molecular weight is 1240 g/mol. The molecule has 2 aromatic heterocycles. The number of carbonyl (C=O) groups excluding carboxylic acids is 6. The smallest absolute Gasteiger partial charge is 0.475 e. The molecule has 0 spiro atoms. The number of esters is 5. The van der Waals surface area contributed by atoms with Crippen LogP contribution in [0, 0.1) is 0 Å². The molecule has 0 aliphatic carbocycles. The molecule has 2 aliphatic heterocycles. The Morgan fingerprint density at radius 2 is 1.01 bits per heavy atom. The van der Waals surface area contributed by atoms with Gasteiger partial charge in [0.25, 0.3) is 5.91 Å². The van der Waals surface area contributed by atoms with Crippen LogP contribution < -0.4 is 15.1 Å². The van der Waals surface area contributed by atoms with Crippen LogP contribution in [0.1, 0.15) is 42.0 Å². The van der Waals surface area contributed by atoms with E-state index in [9.17, 15) is 41.9 Å². The summed E-state index contributed by atoms with van der Waals surface area (Å²) in [4.78, 5) is 107. The first kappa shape index (κ1) is 66.2. The first-order valence-corrected chi connectivity index (χ1v) is 26.4. The molecule has 4 aromatic carbocycles. The van der Waals surface area contributed by atoms with Gasteiger partial charge >= 0.3 is 42.0 Å². The van der Waals surface area contributed by atoms with Crippen LogP contribution in [-0.2, 0) is 57.2 Å². The van der Waals surface area contributed by atoms with Gasteiger partial charge in [0.05, 0.1) is 22.4 Å². The summed E-state index contributed by atoms with van der Waals surface area (Å²) in [5.74, 6) is -7.90. The summed E-state index contributed by atoms with van der Waals surface area (Å²) in [7, 11) is 0. The monoisotopic (exact) mass is 1230 g/mol. The van der Waals surface area contributed by atoms with Gasteiger partial charge in [-0.1, -0.05) is 54.9 Å². The normalized spacial score (nSPS) is 14.6. The third-order valence-corrected chi connectivity index (χ3v) is 12.9. The van der Waals surface area contributed by atoms with Crippen LogP contribution in [0.3, 0.4) is 0 Å². The number of hydrogen-bond donors (Lipinski definition) is 2. The largest absolute Gasteiger partial charge is 0.490 e. The first-order valence-electron chi connectivity index (χ1n) is 24.9. The summed E-state index contributed by atoms with van der Waals surface area (Å²) in [5.41, 5.74) is 6.61. The third-order valence-electron chi connectivity index (χ3n) is 12.1. The van der Waals surface area contributed by atoms with Crippen molar-refractivity contribution < 1.29 is 75.5 Å². The molecule has 2 fully saturated rings. The molecule has 4 atom stereocenters. The molecule has 2 N–H and O–H groups in total. The van der Waals surface area contributed by atoms with E-state index < -0.39 is 78.9 Å². The van der Waals surface area contributed by atoms with E-state index in [0.717, 1.165) is 94.2 Å². The standard InChI is InChI=1S/C34H36Cl2N4O11.C18H16Cl2N4.C2HF3O2.CH4/c1-18(41)47-17-28(48-19(2)42)30(49-20(3)43)31(50-21(4)44)32(51-22(5)45)33(46)40-13-11-39(12-14-40)25-8-6-7-23(15-25)29-26-16-24(35)9-10-27(26)37-34(36)38-29;19-13-4-5-16-15(11-13)17(23-18(20)22-16)12-2-1-3-14(10-12)24-8-6-21-7-9-24;3-2(4,5)1(6)7;/h6-10,15-16,28,30-32H,11-14,17H2,1-5H3;1-5,10-11,21H,6-9H2;(H,6,7);1H4/t28-,30-,31+,32-;;;/m1.../s1. The van der Waals surface area contributed by atoms with Crippen molar-refractivity contribution in [3.05, 3.63) is 106 Å². The summed E-state index contributed by atoms with van der Waals surface area (Å²) in [6.45, 7) is 9.59. The number of amides is 1. The lowest BCUT2D eigenvalue weighted by Crippen LogP contribution is -2.59. The number of fused-ring (bicyclic) bond motifs is 2. The van der Waals surface area contributed by atoms with Crippen molar-refractivity contribution in [3.8, 4) is 22.5 Å². The first-order chi connectivity index (χ1) is 38.8. The summed E-state index contributed by atoms with van der Waals surface area (Å²) in [5, 5.41) is 13.6. The molecule has 444 valence electrons. The van der Waals surface area contributed by atoms with E-state index in [0.29, 0.717) is 39.7 Å². The lowest BCUT2D eigenvalue weighted by atomic mass is 10.0. The molecule has 2 aliphatic rings. The number of alkyl halides is 3. The SMILES string of the molecule is C.CC(=O)OC[C@@H](OC(C)=O)[C@@H](OC(C)=O)[C@H](OC(C)=O)[C@@H](OC(C)=O)C(=O)N1CCN(c2cccc(-c3nc(Cl)nc4ccc(Cl)cc34)c2)CC1.Clc1ccc2nc(Cl)nc(-c3cccc(N4CCNCC4)c3)c2c1.O=C(O)C(F)(F)F. The maximum Gasteiger partial charge on any atom is 0.490 e. The van der Waals surface area contributed by atoms with Crippen molar-refractivity contribution in [2.45, 2.75) is 72.6 Å². The van der Waals surface area contributed by atoms with Gasteiger partial charge in [-0.25, -0.2) is 24.7 Å². The minimum absolute atomic E-state index is 0. The second kappa shape index (κ2) is 30.1. The number of nitrogens with zero attached hydrogens (tertiary/aromatic N) is 7.